The van der Waals surface area contributed by atoms with Gasteiger partial charge in [-0.2, -0.15) is 0 Å². The molecule has 1 aliphatic carbocycles. The number of rotatable bonds is 7. The first-order valence-corrected chi connectivity index (χ1v) is 11.6. The van der Waals surface area contributed by atoms with Crippen LogP contribution in [0.1, 0.15) is 24.5 Å². The number of aromatic nitrogens is 1. The van der Waals surface area contributed by atoms with E-state index < -0.39 is 11.4 Å². The Morgan fingerprint density at radius 1 is 0.971 bits per heavy atom. The SMILES string of the molecule is CCOC(=O)Cn1c(O)c(N=NC(=O)[C@H]2CC2(c2ccccc2)c2ccccc2)c2ccccc21. The lowest BCUT2D eigenvalue weighted by Crippen LogP contribution is -2.16. The predicted octanol–water partition coefficient (Wildman–Crippen LogP) is 5.53. The van der Waals surface area contributed by atoms with E-state index in [0.717, 1.165) is 11.1 Å². The van der Waals surface area contributed by atoms with Crippen LogP contribution in [0.3, 0.4) is 0 Å². The van der Waals surface area contributed by atoms with Crippen molar-refractivity contribution in [3.63, 3.8) is 0 Å². The summed E-state index contributed by atoms with van der Waals surface area (Å²) in [7, 11) is 0. The van der Waals surface area contributed by atoms with Crippen LogP contribution < -0.4 is 0 Å². The molecule has 5 rings (SSSR count). The molecule has 0 saturated heterocycles. The third kappa shape index (κ3) is 3.99. The fourth-order valence-corrected chi connectivity index (χ4v) is 4.87. The van der Waals surface area contributed by atoms with Crippen molar-refractivity contribution in [3.05, 3.63) is 96.1 Å². The van der Waals surface area contributed by atoms with Crippen LogP contribution in [-0.2, 0) is 26.3 Å². The molecule has 1 aromatic heterocycles. The number of benzene rings is 3. The van der Waals surface area contributed by atoms with Gasteiger partial charge in [0.25, 0.3) is 5.91 Å². The molecule has 1 saturated carbocycles. The Morgan fingerprint density at radius 3 is 2.20 bits per heavy atom. The average Bonchev–Trinajstić information content (AvgIpc) is 3.60. The van der Waals surface area contributed by atoms with Crippen molar-refractivity contribution < 1.29 is 19.4 Å². The summed E-state index contributed by atoms with van der Waals surface area (Å²) < 4.78 is 6.44. The van der Waals surface area contributed by atoms with Gasteiger partial charge in [0.05, 0.1) is 18.0 Å². The van der Waals surface area contributed by atoms with Crippen molar-refractivity contribution in [2.45, 2.75) is 25.3 Å². The summed E-state index contributed by atoms with van der Waals surface area (Å²) in [5, 5.41) is 19.7. The maximum Gasteiger partial charge on any atom is 0.326 e. The van der Waals surface area contributed by atoms with Crippen LogP contribution in [0.2, 0.25) is 0 Å². The number of hydrogen-bond donors (Lipinski definition) is 1. The number of amides is 1. The fourth-order valence-electron chi connectivity index (χ4n) is 4.87. The largest absolute Gasteiger partial charge is 0.493 e. The molecule has 1 amide bonds. The molecule has 1 heterocycles. The Hall–Kier alpha value is -4.26. The summed E-state index contributed by atoms with van der Waals surface area (Å²) in [5.41, 5.74) is 2.44. The molecule has 0 bridgehead atoms. The smallest absolute Gasteiger partial charge is 0.326 e. The molecule has 0 aliphatic heterocycles. The van der Waals surface area contributed by atoms with Crippen molar-refractivity contribution in [2.24, 2.45) is 16.1 Å². The highest BCUT2D eigenvalue weighted by molar-refractivity contribution is 5.96. The van der Waals surface area contributed by atoms with E-state index in [2.05, 4.69) is 10.2 Å². The molecule has 7 heteroatoms. The Labute approximate surface area is 202 Å². The number of azo groups is 1. The second-order valence-corrected chi connectivity index (χ2v) is 8.58. The Bertz CT molecular complexity index is 1370. The normalized spacial score (nSPS) is 16.4. The van der Waals surface area contributed by atoms with Crippen LogP contribution >= 0.6 is 0 Å². The number of esters is 1. The number of carbonyl (C=O) groups excluding carboxylic acids is 2. The van der Waals surface area contributed by atoms with Crippen molar-refractivity contribution >= 4 is 28.5 Å². The summed E-state index contributed by atoms with van der Waals surface area (Å²) in [6.45, 7) is 1.79. The van der Waals surface area contributed by atoms with E-state index in [1.807, 2.05) is 60.7 Å². The first-order chi connectivity index (χ1) is 17.1. The highest BCUT2D eigenvalue weighted by Gasteiger charge is 2.60. The zero-order chi connectivity index (χ0) is 24.4. The lowest BCUT2D eigenvalue weighted by atomic mass is 9.85. The average molecular weight is 468 g/mol. The topological polar surface area (TPSA) is 93.2 Å². The van der Waals surface area contributed by atoms with E-state index in [1.165, 1.54) is 4.57 Å². The maximum atomic E-state index is 13.2. The standard InChI is InChI=1S/C28H25N3O4/c1-2-35-24(32)18-31-23-16-10-9-15-21(23)25(27(31)34)29-30-26(33)22-17-28(22,19-11-5-3-6-12-19)20-13-7-4-8-14-20/h3-16,22,34H,2,17-18H2,1H3/t22-/m1/s1. The molecular formula is C28H25N3O4. The van der Waals surface area contributed by atoms with Crippen LogP contribution in [0.4, 0.5) is 5.69 Å². The van der Waals surface area contributed by atoms with Crippen molar-refractivity contribution in [3.8, 4) is 5.88 Å². The molecule has 0 radical (unpaired) electrons. The van der Waals surface area contributed by atoms with Gasteiger partial charge in [-0.1, -0.05) is 78.9 Å². The number of aromatic hydroxyl groups is 1. The Balaban J connectivity index is 1.47. The van der Waals surface area contributed by atoms with E-state index >= 15 is 0 Å². The molecule has 1 N–H and O–H groups in total. The molecule has 176 valence electrons. The molecular weight excluding hydrogens is 442 g/mol. The number of ether oxygens (including phenoxy) is 1. The lowest BCUT2D eigenvalue weighted by molar-refractivity contribution is -0.143. The summed E-state index contributed by atoms with van der Waals surface area (Å²) in [6.07, 6.45) is 0.634. The van der Waals surface area contributed by atoms with Crippen LogP contribution in [-0.4, -0.2) is 28.2 Å². The van der Waals surface area contributed by atoms with E-state index in [1.54, 1.807) is 31.2 Å². The minimum Gasteiger partial charge on any atom is -0.493 e. The van der Waals surface area contributed by atoms with Gasteiger partial charge < -0.3 is 9.84 Å². The molecule has 1 fully saturated rings. The molecule has 0 spiro atoms. The van der Waals surface area contributed by atoms with Crippen LogP contribution in [0.25, 0.3) is 10.9 Å². The minimum absolute atomic E-state index is 0.156. The van der Waals surface area contributed by atoms with Crippen molar-refractivity contribution in [1.29, 1.82) is 0 Å². The van der Waals surface area contributed by atoms with Crippen LogP contribution in [0.15, 0.2) is 95.2 Å². The van der Waals surface area contributed by atoms with Crippen LogP contribution in [0, 0.1) is 5.92 Å². The first-order valence-electron chi connectivity index (χ1n) is 11.6. The summed E-state index contributed by atoms with van der Waals surface area (Å²) >= 11 is 0. The predicted molar refractivity (Wildman–Crippen MR) is 132 cm³/mol. The molecule has 7 nitrogen and oxygen atoms in total. The third-order valence-electron chi connectivity index (χ3n) is 6.60. The van der Waals surface area contributed by atoms with E-state index in [4.69, 9.17) is 4.74 Å². The summed E-state index contributed by atoms with van der Waals surface area (Å²) in [5.74, 6) is -1.41. The van der Waals surface area contributed by atoms with Crippen molar-refractivity contribution in [1.82, 2.24) is 4.57 Å². The van der Waals surface area contributed by atoms with Gasteiger partial charge in [0.15, 0.2) is 5.69 Å². The van der Waals surface area contributed by atoms with Crippen molar-refractivity contribution in [2.75, 3.05) is 6.61 Å². The number of carbonyl (C=O) groups is 2. The zero-order valence-corrected chi connectivity index (χ0v) is 19.3. The van der Waals surface area contributed by atoms with E-state index in [-0.39, 0.29) is 36.5 Å². The fraction of sp³-hybridized carbons (Fsp3) is 0.214. The van der Waals surface area contributed by atoms with Gasteiger partial charge in [-0.05, 0) is 30.5 Å². The van der Waals surface area contributed by atoms with E-state index in [0.29, 0.717) is 17.3 Å². The molecule has 3 aromatic carbocycles. The molecule has 0 unspecified atom stereocenters. The van der Waals surface area contributed by atoms with Gasteiger partial charge in [0.2, 0.25) is 5.88 Å². The highest BCUT2D eigenvalue weighted by Crippen LogP contribution is 2.59. The second-order valence-electron chi connectivity index (χ2n) is 8.58. The third-order valence-corrected chi connectivity index (χ3v) is 6.60. The zero-order valence-electron chi connectivity index (χ0n) is 19.3. The maximum absolute atomic E-state index is 13.2. The Kier molecular flexibility index (Phi) is 5.91. The number of hydrogen-bond acceptors (Lipinski definition) is 5. The van der Waals surface area contributed by atoms with Gasteiger partial charge in [-0.3, -0.25) is 14.2 Å². The second kappa shape index (κ2) is 9.18. The monoisotopic (exact) mass is 467 g/mol. The summed E-state index contributed by atoms with van der Waals surface area (Å²) in [4.78, 5) is 25.3. The van der Waals surface area contributed by atoms with E-state index in [9.17, 15) is 14.7 Å². The number of para-hydroxylation sites is 1. The Morgan fingerprint density at radius 2 is 1.57 bits per heavy atom. The van der Waals surface area contributed by atoms with Gasteiger partial charge in [-0.25, -0.2) is 0 Å². The minimum atomic E-state index is -0.475. The first kappa shape index (κ1) is 22.5. The summed E-state index contributed by atoms with van der Waals surface area (Å²) in [6, 6.07) is 27.1. The van der Waals surface area contributed by atoms with Gasteiger partial charge in [0, 0.05) is 10.8 Å². The van der Waals surface area contributed by atoms with Gasteiger partial charge in [-0.15, -0.1) is 10.2 Å². The van der Waals surface area contributed by atoms with Crippen LogP contribution in [0.5, 0.6) is 5.88 Å². The number of nitrogens with zero attached hydrogens (tertiary/aromatic N) is 3. The molecule has 4 aromatic rings. The molecule has 1 atom stereocenters. The van der Waals surface area contributed by atoms with Gasteiger partial charge >= 0.3 is 5.97 Å². The highest BCUT2D eigenvalue weighted by atomic mass is 16.5. The van der Waals surface area contributed by atoms with Gasteiger partial charge in [0.1, 0.15) is 6.54 Å². The number of fused-ring (bicyclic) bond motifs is 1. The molecule has 35 heavy (non-hydrogen) atoms. The quantitative estimate of drug-likeness (QED) is 0.286. The lowest BCUT2D eigenvalue weighted by Gasteiger charge is -2.17. The molecule has 1 aliphatic rings.